The van der Waals surface area contributed by atoms with Crippen molar-refractivity contribution in [1.29, 1.82) is 0 Å². The van der Waals surface area contributed by atoms with Crippen molar-refractivity contribution in [2.75, 3.05) is 6.54 Å². The van der Waals surface area contributed by atoms with E-state index in [0.29, 0.717) is 6.54 Å². The molecule has 1 aromatic heterocycles. The molecule has 5 aromatic rings. The first-order valence-electron chi connectivity index (χ1n) is 12.7. The zero-order chi connectivity index (χ0) is 24.6. The Morgan fingerprint density at radius 3 is 2.47 bits per heavy atom. The highest BCUT2D eigenvalue weighted by Crippen LogP contribution is 2.22. The monoisotopic (exact) mass is 473 g/mol. The molecule has 5 rings (SSSR count). The number of aryl methyl sites for hydroxylation is 1. The zero-order valence-electron chi connectivity index (χ0n) is 20.4. The largest absolute Gasteiger partial charge is 0.353 e. The van der Waals surface area contributed by atoms with Crippen molar-refractivity contribution in [3.63, 3.8) is 0 Å². The van der Waals surface area contributed by atoms with Gasteiger partial charge in [-0.15, -0.1) is 0 Å². The van der Waals surface area contributed by atoms with Gasteiger partial charge < -0.3 is 9.88 Å². The fourth-order valence-corrected chi connectivity index (χ4v) is 4.60. The highest BCUT2D eigenvalue weighted by atomic mass is 16.1. The third kappa shape index (κ3) is 5.89. The second-order valence-corrected chi connectivity index (χ2v) is 9.13. The van der Waals surface area contributed by atoms with E-state index in [0.717, 1.165) is 49.1 Å². The maximum absolute atomic E-state index is 12.1. The lowest BCUT2D eigenvalue weighted by Gasteiger charge is -2.11. The molecule has 180 valence electrons. The average Bonchev–Trinajstić information content (AvgIpc) is 3.27. The molecule has 0 saturated heterocycles. The summed E-state index contributed by atoms with van der Waals surface area (Å²) in [6.07, 6.45) is 7.40. The van der Waals surface area contributed by atoms with Gasteiger partial charge in [-0.05, 0) is 59.0 Å². The van der Waals surface area contributed by atoms with Crippen molar-refractivity contribution in [3.05, 3.63) is 120 Å². The van der Waals surface area contributed by atoms with E-state index >= 15 is 0 Å². The highest BCUT2D eigenvalue weighted by molar-refractivity contribution is 5.91. The Bertz CT molecular complexity index is 1480. The van der Waals surface area contributed by atoms with Gasteiger partial charge in [0.05, 0.1) is 11.0 Å². The van der Waals surface area contributed by atoms with Crippen LogP contribution in [0.15, 0.2) is 103 Å². The first-order chi connectivity index (χ1) is 17.8. The average molecular weight is 474 g/mol. The lowest BCUT2D eigenvalue weighted by atomic mass is 10.1. The van der Waals surface area contributed by atoms with Gasteiger partial charge in [-0.1, -0.05) is 85.3 Å². The Hall–Kier alpha value is -4.18. The topological polar surface area (TPSA) is 46.9 Å². The molecule has 0 aliphatic carbocycles. The molecule has 0 radical (unpaired) electrons. The molecule has 36 heavy (non-hydrogen) atoms. The number of amides is 1. The number of nitrogens with zero attached hydrogens (tertiary/aromatic N) is 2. The molecule has 1 heterocycles. The maximum atomic E-state index is 12.1. The fraction of sp³-hybridized carbons (Fsp3) is 0.188. The van der Waals surface area contributed by atoms with Crippen LogP contribution in [-0.4, -0.2) is 22.0 Å². The van der Waals surface area contributed by atoms with Crippen LogP contribution in [0.1, 0.15) is 36.2 Å². The van der Waals surface area contributed by atoms with Crippen molar-refractivity contribution in [3.8, 4) is 0 Å². The molecule has 4 nitrogen and oxygen atoms in total. The lowest BCUT2D eigenvalue weighted by molar-refractivity contribution is -0.116. The van der Waals surface area contributed by atoms with E-state index in [2.05, 4.69) is 76.6 Å². The second kappa shape index (κ2) is 11.5. The number of benzene rings is 4. The number of hydrogen-bond donors (Lipinski definition) is 1. The molecule has 0 aliphatic heterocycles. The van der Waals surface area contributed by atoms with E-state index in [9.17, 15) is 4.79 Å². The standard InChI is InChI=1S/C32H31N3O/c36-32(21-19-25-11-3-1-4-12-25)33-22-10-2-5-17-31-34-29-15-8-9-16-30(29)35(31)24-26-18-20-27-13-6-7-14-28(27)23-26/h1,3-4,6-9,11-16,18-21,23H,2,5,10,17,22,24H2,(H,33,36)/b21-19+. The SMILES string of the molecule is O=C(/C=C/c1ccccc1)NCCCCCc1nc2ccccc2n1Cc1ccc2ccccc2c1. The van der Waals surface area contributed by atoms with Gasteiger partial charge in [-0.3, -0.25) is 4.79 Å². The number of rotatable bonds is 10. The summed E-state index contributed by atoms with van der Waals surface area (Å²) in [4.78, 5) is 17.0. The Labute approximate surface area is 212 Å². The summed E-state index contributed by atoms with van der Waals surface area (Å²) in [7, 11) is 0. The number of carbonyl (C=O) groups is 1. The van der Waals surface area contributed by atoms with Crippen molar-refractivity contribution in [2.24, 2.45) is 0 Å². The molecule has 0 spiro atoms. The van der Waals surface area contributed by atoms with Crippen LogP contribution in [0.2, 0.25) is 0 Å². The number of fused-ring (bicyclic) bond motifs is 2. The van der Waals surface area contributed by atoms with E-state index in [4.69, 9.17) is 4.98 Å². The number of nitrogens with one attached hydrogen (secondary N) is 1. The Morgan fingerprint density at radius 2 is 1.58 bits per heavy atom. The third-order valence-electron chi connectivity index (χ3n) is 6.49. The first kappa shape index (κ1) is 23.6. The Morgan fingerprint density at radius 1 is 0.806 bits per heavy atom. The number of imidazole rings is 1. The third-order valence-corrected chi connectivity index (χ3v) is 6.49. The van der Waals surface area contributed by atoms with E-state index < -0.39 is 0 Å². The van der Waals surface area contributed by atoms with Crippen LogP contribution >= 0.6 is 0 Å². The summed E-state index contributed by atoms with van der Waals surface area (Å²) in [5.41, 5.74) is 4.53. The molecule has 0 aliphatic rings. The van der Waals surface area contributed by atoms with Crippen LogP contribution < -0.4 is 5.32 Å². The van der Waals surface area contributed by atoms with Gasteiger partial charge >= 0.3 is 0 Å². The number of unbranched alkanes of at least 4 members (excludes halogenated alkanes) is 2. The summed E-state index contributed by atoms with van der Waals surface area (Å²) in [6.45, 7) is 1.50. The van der Waals surface area contributed by atoms with Gasteiger partial charge in [0.1, 0.15) is 5.82 Å². The van der Waals surface area contributed by atoms with Crippen molar-refractivity contribution in [2.45, 2.75) is 32.2 Å². The maximum Gasteiger partial charge on any atom is 0.243 e. The second-order valence-electron chi connectivity index (χ2n) is 9.13. The van der Waals surface area contributed by atoms with E-state index in [-0.39, 0.29) is 5.91 Å². The predicted octanol–water partition coefficient (Wildman–Crippen LogP) is 6.78. The molecule has 0 fully saturated rings. The zero-order valence-corrected chi connectivity index (χ0v) is 20.4. The van der Waals surface area contributed by atoms with Gasteiger partial charge in [0.25, 0.3) is 0 Å². The molecule has 0 bridgehead atoms. The summed E-state index contributed by atoms with van der Waals surface area (Å²) in [5.74, 6) is 1.08. The minimum absolute atomic E-state index is 0.0453. The van der Waals surface area contributed by atoms with Gasteiger partial charge in [0.15, 0.2) is 0 Å². The van der Waals surface area contributed by atoms with Crippen LogP contribution in [0.5, 0.6) is 0 Å². The molecule has 4 aromatic carbocycles. The molecule has 0 saturated carbocycles. The van der Waals surface area contributed by atoms with Gasteiger partial charge in [-0.2, -0.15) is 0 Å². The van der Waals surface area contributed by atoms with Crippen LogP contribution in [-0.2, 0) is 17.8 Å². The Balaban J connectivity index is 1.16. The molecule has 1 amide bonds. The fourth-order valence-electron chi connectivity index (χ4n) is 4.60. The molecular formula is C32H31N3O. The number of carbonyl (C=O) groups excluding carboxylic acids is 1. The molecule has 0 unspecified atom stereocenters. The highest BCUT2D eigenvalue weighted by Gasteiger charge is 2.11. The lowest BCUT2D eigenvalue weighted by Crippen LogP contribution is -2.22. The number of aromatic nitrogens is 2. The van der Waals surface area contributed by atoms with Crippen LogP contribution in [0.3, 0.4) is 0 Å². The summed E-state index contributed by atoms with van der Waals surface area (Å²) < 4.78 is 2.36. The van der Waals surface area contributed by atoms with Crippen molar-refractivity contribution in [1.82, 2.24) is 14.9 Å². The quantitative estimate of drug-likeness (QED) is 0.179. The van der Waals surface area contributed by atoms with Crippen LogP contribution in [0, 0.1) is 0 Å². The summed E-state index contributed by atoms with van der Waals surface area (Å²) in [6, 6.07) is 33.4. The van der Waals surface area contributed by atoms with E-state index in [1.165, 1.54) is 21.9 Å². The molecular weight excluding hydrogens is 442 g/mol. The minimum atomic E-state index is -0.0453. The molecule has 0 atom stereocenters. The van der Waals surface area contributed by atoms with Gasteiger partial charge in [-0.25, -0.2) is 4.98 Å². The molecule has 4 heteroatoms. The predicted molar refractivity (Wildman–Crippen MR) is 149 cm³/mol. The number of para-hydroxylation sites is 2. The summed E-state index contributed by atoms with van der Waals surface area (Å²) >= 11 is 0. The van der Waals surface area contributed by atoms with Crippen LogP contribution in [0.25, 0.3) is 27.9 Å². The van der Waals surface area contributed by atoms with E-state index in [1.807, 2.05) is 36.4 Å². The van der Waals surface area contributed by atoms with Crippen molar-refractivity contribution >= 4 is 33.8 Å². The molecule has 1 N–H and O–H groups in total. The minimum Gasteiger partial charge on any atom is -0.353 e. The van der Waals surface area contributed by atoms with Crippen molar-refractivity contribution < 1.29 is 4.79 Å². The summed E-state index contributed by atoms with van der Waals surface area (Å²) in [5, 5.41) is 5.51. The Kier molecular flexibility index (Phi) is 7.52. The van der Waals surface area contributed by atoms with Crippen LogP contribution in [0.4, 0.5) is 0 Å². The normalized spacial score (nSPS) is 11.4. The number of hydrogen-bond acceptors (Lipinski definition) is 2. The van der Waals surface area contributed by atoms with E-state index in [1.54, 1.807) is 6.08 Å². The smallest absolute Gasteiger partial charge is 0.243 e. The van der Waals surface area contributed by atoms with Gasteiger partial charge in [0.2, 0.25) is 5.91 Å². The first-order valence-corrected chi connectivity index (χ1v) is 12.7. The van der Waals surface area contributed by atoms with Gasteiger partial charge in [0, 0.05) is 25.6 Å².